The van der Waals surface area contributed by atoms with Crippen LogP contribution in [-0.2, 0) is 21.9 Å². The van der Waals surface area contributed by atoms with E-state index in [9.17, 15) is 66.6 Å². The number of carboxylic acids is 2. The van der Waals surface area contributed by atoms with Gasteiger partial charge in [-0.25, -0.2) is 19.3 Å². The zero-order valence-electron chi connectivity index (χ0n) is 41.3. The number of hydrogen-bond donors (Lipinski definition) is 4. The van der Waals surface area contributed by atoms with Gasteiger partial charge in [0.1, 0.15) is 0 Å². The van der Waals surface area contributed by atoms with Crippen LogP contribution in [0.5, 0.6) is 12.0 Å². The smallest absolute Gasteiger partial charge is 0.550 e. The Hall–Kier alpha value is -6.28. The Morgan fingerprint density at radius 3 is 1.29 bits per heavy atom. The summed E-state index contributed by atoms with van der Waals surface area (Å²) >= 11 is 0. The first-order chi connectivity index (χ1) is 34.8. The van der Waals surface area contributed by atoms with Crippen LogP contribution in [0.1, 0.15) is 98.9 Å². The number of aliphatic carboxylic acids is 2. The monoisotopic (exact) mass is 1080 g/mol. The van der Waals surface area contributed by atoms with Gasteiger partial charge in [0.2, 0.25) is 0 Å². The average molecular weight is 1080 g/mol. The van der Waals surface area contributed by atoms with Gasteiger partial charge in [0, 0.05) is 84.4 Å². The van der Waals surface area contributed by atoms with Gasteiger partial charge in [-0.1, -0.05) is 76.3 Å². The van der Waals surface area contributed by atoms with Crippen molar-refractivity contribution in [3.63, 3.8) is 0 Å². The minimum Gasteiger partial charge on any atom is -0.550 e. The van der Waals surface area contributed by atoms with E-state index in [4.69, 9.17) is 9.47 Å². The van der Waals surface area contributed by atoms with Crippen LogP contribution in [0.25, 0.3) is 46.3 Å². The first-order valence-corrected chi connectivity index (χ1v) is 22.6. The van der Waals surface area contributed by atoms with E-state index in [-0.39, 0.29) is 109 Å². The van der Waals surface area contributed by atoms with Gasteiger partial charge in [-0.15, -0.1) is 0 Å². The number of carbonyl (C=O) groups excluding carboxylic acids is 2. The molecule has 0 amide bonds. The average Bonchev–Trinajstić information content (AvgIpc) is 3.92. The summed E-state index contributed by atoms with van der Waals surface area (Å²) in [6, 6.07) is 12.6. The molecule has 6 aromatic rings. The molecule has 4 heterocycles. The second kappa shape index (κ2) is 27.0. The van der Waals surface area contributed by atoms with E-state index in [1.54, 1.807) is 0 Å². The molecule has 0 aliphatic carbocycles. The topological polar surface area (TPSA) is 267 Å². The fraction of sp³-hybridized carbons (Fsp3) is 0.360. The van der Waals surface area contributed by atoms with Crippen molar-refractivity contribution in [2.45, 2.75) is 102 Å². The molecule has 25 heteroatoms. The molecule has 0 aliphatic heterocycles. The van der Waals surface area contributed by atoms with Crippen LogP contribution in [0.2, 0.25) is 0 Å². The maximum absolute atomic E-state index is 13.5. The van der Waals surface area contributed by atoms with E-state index in [0.717, 1.165) is 24.3 Å². The van der Waals surface area contributed by atoms with Crippen LogP contribution in [0.15, 0.2) is 85.2 Å². The van der Waals surface area contributed by atoms with Crippen LogP contribution in [0.4, 0.5) is 26.3 Å². The molecule has 396 valence electrons. The number of nitrogens with zero attached hydrogens (tertiary/aromatic N) is 8. The van der Waals surface area contributed by atoms with Gasteiger partial charge in [0.05, 0.1) is 72.5 Å². The van der Waals surface area contributed by atoms with Gasteiger partial charge in [0.25, 0.3) is 0 Å². The van der Waals surface area contributed by atoms with Crippen LogP contribution < -0.4 is 19.7 Å². The Morgan fingerprint density at radius 2 is 0.987 bits per heavy atom. The maximum Gasteiger partial charge on any atom is 2.00 e. The second-order valence-electron chi connectivity index (χ2n) is 17.2. The second-order valence-corrected chi connectivity index (χ2v) is 17.2. The number of alkyl halides is 6. The van der Waals surface area contributed by atoms with E-state index >= 15 is 0 Å². The van der Waals surface area contributed by atoms with E-state index in [2.05, 4.69) is 30.1 Å². The summed E-state index contributed by atoms with van der Waals surface area (Å²) in [4.78, 5) is 37.9. The number of hydrogen-bond acceptors (Lipinski definition) is 16. The van der Waals surface area contributed by atoms with Gasteiger partial charge in [-0.2, -0.15) is 46.5 Å². The molecule has 18 nitrogen and oxygen atoms in total. The summed E-state index contributed by atoms with van der Waals surface area (Å²) in [5.74, 6) is -2.81. The molecule has 4 aromatic heterocycles. The molecule has 0 saturated carbocycles. The maximum atomic E-state index is 13.5. The number of rotatable bonds is 20. The molecule has 0 spiro atoms. The number of aromatic nitrogens is 8. The molecule has 75 heavy (non-hydrogen) atoms. The van der Waals surface area contributed by atoms with Crippen LogP contribution in [0, 0.1) is 0 Å². The Kier molecular flexibility index (Phi) is 22.0. The normalized spacial score (nSPS) is 13.6. The molecule has 2 aromatic carbocycles. The summed E-state index contributed by atoms with van der Waals surface area (Å²) in [7, 11) is 2.75. The summed E-state index contributed by atoms with van der Waals surface area (Å²) in [5, 5.41) is 71.0. The summed E-state index contributed by atoms with van der Waals surface area (Å²) < 4.78 is 94.1. The third-order valence-electron chi connectivity index (χ3n) is 10.8. The first kappa shape index (κ1) is 61.3. The number of carboxylic acid groups (broad SMARTS) is 2. The summed E-state index contributed by atoms with van der Waals surface area (Å²) in [6.07, 6.45) is -7.72. The molecule has 0 fully saturated rings. The van der Waals surface area contributed by atoms with Crippen LogP contribution >= 0.6 is 0 Å². The molecule has 0 radical (unpaired) electrons. The molecule has 0 bridgehead atoms. The van der Waals surface area contributed by atoms with Crippen molar-refractivity contribution in [2.24, 2.45) is 0 Å². The van der Waals surface area contributed by atoms with Crippen molar-refractivity contribution in [2.75, 3.05) is 14.2 Å². The van der Waals surface area contributed by atoms with E-state index in [0.29, 0.717) is 22.5 Å². The van der Waals surface area contributed by atoms with Crippen molar-refractivity contribution in [1.29, 1.82) is 0 Å². The first-order valence-electron chi connectivity index (χ1n) is 22.6. The van der Waals surface area contributed by atoms with Crippen molar-refractivity contribution in [3.8, 4) is 46.2 Å². The van der Waals surface area contributed by atoms with Gasteiger partial charge in [-0.05, 0) is 36.1 Å². The SMILES string of the molecule is COc1nccc(-n2nc(C(C)C)c(/C=C/[C@@H](O)C[C@@H](O)CC(=O)[O-])c2-c2cccc(C(F)(F)F)c2)n1.COc1nccc(-n2nc(C(C)C)c(/C=C/[C@@H](O)C[C@@H](O)CC(=O)[O-])c2-c2cccc(C(F)(F)F)c2)n1.[Ca+2]. The molecular weight excluding hydrogens is 1030 g/mol. The number of methoxy groups -OCH3 is 2. The number of aliphatic hydroxyl groups excluding tert-OH is 4. The largest absolute Gasteiger partial charge is 2.00 e. The minimum absolute atomic E-state index is 0. The summed E-state index contributed by atoms with van der Waals surface area (Å²) in [5.41, 5.74) is 1.06. The van der Waals surface area contributed by atoms with Crippen molar-refractivity contribution in [3.05, 3.63) is 119 Å². The summed E-state index contributed by atoms with van der Waals surface area (Å²) in [6.45, 7) is 7.39. The van der Waals surface area contributed by atoms with Crippen molar-refractivity contribution < 1.29 is 76.0 Å². The Morgan fingerprint density at radius 1 is 0.627 bits per heavy atom. The number of aliphatic hydroxyl groups is 4. The molecule has 0 unspecified atom stereocenters. The zero-order valence-corrected chi connectivity index (χ0v) is 43.5. The molecule has 4 N–H and O–H groups in total. The van der Waals surface area contributed by atoms with Gasteiger partial charge >= 0.3 is 62.1 Å². The molecular formula is C50H52CaF6N8O10. The Balaban J connectivity index is 0.000000320. The minimum atomic E-state index is -4.58. The number of benzene rings is 2. The fourth-order valence-electron chi connectivity index (χ4n) is 7.43. The Labute approximate surface area is 456 Å². The fourth-order valence-corrected chi connectivity index (χ4v) is 7.43. The van der Waals surface area contributed by atoms with Gasteiger partial charge in [0.15, 0.2) is 11.6 Å². The van der Waals surface area contributed by atoms with E-state index < -0.39 is 72.7 Å². The molecule has 0 aliphatic rings. The van der Waals surface area contributed by atoms with Gasteiger partial charge < -0.3 is 49.7 Å². The third-order valence-corrected chi connectivity index (χ3v) is 10.8. The Bertz CT molecular complexity index is 2750. The number of ether oxygens (including phenoxy) is 2. The third kappa shape index (κ3) is 16.9. The standard InChI is InChI=1S/2C25H27F3N4O5.Ca/c2*1-14(2)22-19(8-7-17(33)12-18(34)13-21(35)36)23(15-5-4-6-16(11-15)25(26,27)28)32(31-22)20-9-10-29-24(30-20)37-3;/h2*4-11,14,17-18,33-34H,12-13H2,1-3H3,(H,35,36);/q;;+2/p-2/b2*8-7+;/t2*17-,18-;/m11./s1. The van der Waals surface area contributed by atoms with Crippen LogP contribution in [0.3, 0.4) is 0 Å². The van der Waals surface area contributed by atoms with E-state index in [1.807, 2.05) is 27.7 Å². The quantitative estimate of drug-likeness (QED) is 0.0572. The molecule has 4 atom stereocenters. The molecule has 0 saturated heterocycles. The zero-order chi connectivity index (χ0) is 54.7. The van der Waals surface area contributed by atoms with Gasteiger partial charge in [-0.3, -0.25) is 0 Å². The molecule has 6 rings (SSSR count). The predicted octanol–water partition coefficient (Wildman–Crippen LogP) is 5.11. The van der Waals surface area contributed by atoms with E-state index in [1.165, 1.54) is 96.7 Å². The van der Waals surface area contributed by atoms with Crippen LogP contribution in [-0.4, -0.2) is 148 Å². The number of halogens is 6. The number of carbonyl (C=O) groups is 2. The van der Waals surface area contributed by atoms with Crippen molar-refractivity contribution in [1.82, 2.24) is 39.5 Å². The predicted molar refractivity (Wildman–Crippen MR) is 257 cm³/mol. The van der Waals surface area contributed by atoms with Crippen molar-refractivity contribution >= 4 is 61.8 Å².